The minimum atomic E-state index is -0.471. The van der Waals surface area contributed by atoms with E-state index in [1.807, 2.05) is 6.07 Å². The van der Waals surface area contributed by atoms with Crippen LogP contribution in [0.5, 0.6) is 0 Å². The second-order valence-electron chi connectivity index (χ2n) is 2.91. The van der Waals surface area contributed by atoms with Crippen molar-refractivity contribution in [3.8, 4) is 0 Å². The predicted molar refractivity (Wildman–Crippen MR) is 58.9 cm³/mol. The summed E-state index contributed by atoms with van der Waals surface area (Å²) < 4.78 is 0.852. The molecule has 0 aliphatic heterocycles. The van der Waals surface area contributed by atoms with E-state index in [4.69, 9.17) is 0 Å². The molecule has 2 rings (SSSR count). The first kappa shape index (κ1) is 10.5. The summed E-state index contributed by atoms with van der Waals surface area (Å²) in [6, 6.07) is 3.66. The molecule has 0 aliphatic carbocycles. The van der Waals surface area contributed by atoms with Crippen LogP contribution in [0.3, 0.4) is 0 Å². The number of aliphatic hydroxyl groups excluding tert-OH is 1. The molecule has 0 bridgehead atoms. The average molecular weight is 239 g/mol. The molecule has 78 valence electrons. The Bertz CT molecular complexity index is 431. The van der Waals surface area contributed by atoms with Gasteiger partial charge in [0.25, 0.3) is 0 Å². The molecule has 0 fully saturated rings. The number of hydrogen-bond acceptors (Lipinski definition) is 6. The molecular weight excluding hydrogens is 230 g/mol. The fourth-order valence-electron chi connectivity index (χ4n) is 1.04. The molecule has 0 unspecified atom stereocenters. The normalized spacial score (nSPS) is 12.7. The number of hydrogen-bond donors (Lipinski definition) is 1. The monoisotopic (exact) mass is 239 g/mol. The smallest absolute Gasteiger partial charge is 0.180 e. The first-order valence-corrected chi connectivity index (χ1v) is 6.03. The van der Waals surface area contributed by atoms with Gasteiger partial charge in [0.2, 0.25) is 0 Å². The second-order valence-corrected chi connectivity index (χ2v) is 5.01. The first-order chi connectivity index (χ1) is 7.25. The van der Waals surface area contributed by atoms with Gasteiger partial charge in [0.15, 0.2) is 4.34 Å². The number of aliphatic hydroxyl groups is 1. The fourth-order valence-corrected chi connectivity index (χ4v) is 2.47. The van der Waals surface area contributed by atoms with E-state index in [-0.39, 0.29) is 0 Å². The molecule has 15 heavy (non-hydrogen) atoms. The maximum absolute atomic E-state index is 9.41. The molecule has 2 heterocycles. The van der Waals surface area contributed by atoms with E-state index in [0.29, 0.717) is 0 Å². The van der Waals surface area contributed by atoms with Crippen LogP contribution >= 0.6 is 23.1 Å². The van der Waals surface area contributed by atoms with Gasteiger partial charge in [0.1, 0.15) is 10.5 Å². The zero-order valence-electron chi connectivity index (χ0n) is 7.99. The topological polar surface area (TPSA) is 58.9 Å². The van der Waals surface area contributed by atoms with Crippen molar-refractivity contribution < 1.29 is 5.11 Å². The molecular formula is C9H9N3OS2. The molecule has 0 amide bonds. The lowest BCUT2D eigenvalue weighted by molar-refractivity contribution is 0.199. The van der Waals surface area contributed by atoms with E-state index in [1.54, 1.807) is 24.7 Å². The Morgan fingerprint density at radius 1 is 1.53 bits per heavy atom. The van der Waals surface area contributed by atoms with E-state index in [1.165, 1.54) is 23.1 Å². The summed E-state index contributed by atoms with van der Waals surface area (Å²) >= 11 is 2.92. The zero-order valence-corrected chi connectivity index (χ0v) is 9.63. The van der Waals surface area contributed by atoms with Crippen molar-refractivity contribution in [2.24, 2.45) is 0 Å². The highest BCUT2D eigenvalue weighted by molar-refractivity contribution is 8.00. The Morgan fingerprint density at radius 3 is 3.07 bits per heavy atom. The molecule has 0 aliphatic rings. The molecule has 0 saturated carbocycles. The third-order valence-corrected chi connectivity index (χ3v) is 3.48. The Labute approximate surface area is 95.4 Å². The van der Waals surface area contributed by atoms with Crippen molar-refractivity contribution >= 4 is 23.1 Å². The molecule has 1 atom stereocenters. The Hall–Kier alpha value is -0.980. The summed E-state index contributed by atoms with van der Waals surface area (Å²) in [7, 11) is 0. The summed E-state index contributed by atoms with van der Waals surface area (Å²) in [5.41, 5.74) is 2.54. The van der Waals surface area contributed by atoms with E-state index in [9.17, 15) is 5.11 Å². The Morgan fingerprint density at radius 2 is 2.40 bits per heavy atom. The molecule has 0 saturated heterocycles. The van der Waals surface area contributed by atoms with Crippen molar-refractivity contribution in [3.05, 3.63) is 29.4 Å². The van der Waals surface area contributed by atoms with Gasteiger partial charge in [-0.2, -0.15) is 0 Å². The maximum atomic E-state index is 9.41. The first-order valence-electron chi connectivity index (χ1n) is 4.34. The minimum Gasteiger partial charge on any atom is -0.389 e. The molecule has 6 heteroatoms. The van der Waals surface area contributed by atoms with Crippen LogP contribution < -0.4 is 0 Å². The zero-order chi connectivity index (χ0) is 10.7. The summed E-state index contributed by atoms with van der Waals surface area (Å²) in [6.45, 7) is 1.73. The summed E-state index contributed by atoms with van der Waals surface area (Å²) in [5, 5.41) is 17.9. The lowest BCUT2D eigenvalue weighted by Gasteiger charge is -2.04. The van der Waals surface area contributed by atoms with Gasteiger partial charge in [0.05, 0.1) is 6.10 Å². The average Bonchev–Trinajstić information content (AvgIpc) is 2.71. The van der Waals surface area contributed by atoms with Gasteiger partial charge in [-0.3, -0.25) is 0 Å². The standard InChI is InChI=1S/C9H9N3OS2/c1-6(13)7-2-3-10-8(4-7)15-9-12-11-5-14-9/h2-6,13H,1H3/t6-/m1/s1. The van der Waals surface area contributed by atoms with Gasteiger partial charge in [-0.05, 0) is 36.4 Å². The summed E-state index contributed by atoms with van der Waals surface area (Å²) in [4.78, 5) is 4.19. The quantitative estimate of drug-likeness (QED) is 0.889. The van der Waals surface area contributed by atoms with E-state index >= 15 is 0 Å². The van der Waals surface area contributed by atoms with Gasteiger partial charge in [-0.1, -0.05) is 11.3 Å². The third kappa shape index (κ3) is 2.74. The highest BCUT2D eigenvalue weighted by Gasteiger charge is 2.05. The van der Waals surface area contributed by atoms with Gasteiger partial charge in [-0.15, -0.1) is 10.2 Å². The molecule has 4 nitrogen and oxygen atoms in total. The van der Waals surface area contributed by atoms with Crippen molar-refractivity contribution in [1.29, 1.82) is 0 Å². The number of aromatic nitrogens is 3. The maximum Gasteiger partial charge on any atom is 0.180 e. The molecule has 1 N–H and O–H groups in total. The van der Waals surface area contributed by atoms with Crippen LogP contribution in [0.25, 0.3) is 0 Å². The Kier molecular flexibility index (Phi) is 3.30. The van der Waals surface area contributed by atoms with Crippen LogP contribution in [0.15, 0.2) is 33.2 Å². The number of nitrogens with zero attached hydrogens (tertiary/aromatic N) is 3. The number of pyridine rings is 1. The van der Waals surface area contributed by atoms with Crippen LogP contribution in [0, 0.1) is 0 Å². The van der Waals surface area contributed by atoms with Crippen LogP contribution in [-0.4, -0.2) is 20.3 Å². The lowest BCUT2D eigenvalue weighted by Crippen LogP contribution is -1.92. The number of rotatable bonds is 3. The van der Waals surface area contributed by atoms with Crippen molar-refractivity contribution in [3.63, 3.8) is 0 Å². The minimum absolute atomic E-state index is 0.471. The van der Waals surface area contributed by atoms with Crippen LogP contribution in [0.2, 0.25) is 0 Å². The van der Waals surface area contributed by atoms with Gasteiger partial charge < -0.3 is 5.11 Å². The van der Waals surface area contributed by atoms with Crippen LogP contribution in [0.1, 0.15) is 18.6 Å². The molecule has 2 aromatic heterocycles. The molecule has 2 aromatic rings. The summed E-state index contributed by atoms with van der Waals surface area (Å²) in [6.07, 6.45) is 1.22. The SMILES string of the molecule is C[C@@H](O)c1ccnc(Sc2nncs2)c1. The lowest BCUT2D eigenvalue weighted by atomic mass is 10.2. The van der Waals surface area contributed by atoms with Gasteiger partial charge in [-0.25, -0.2) is 4.98 Å². The summed E-state index contributed by atoms with van der Waals surface area (Å²) in [5.74, 6) is 0. The van der Waals surface area contributed by atoms with Crippen LogP contribution in [0.4, 0.5) is 0 Å². The fraction of sp³-hybridized carbons (Fsp3) is 0.222. The second kappa shape index (κ2) is 4.69. The molecule has 0 aromatic carbocycles. The largest absolute Gasteiger partial charge is 0.389 e. The predicted octanol–water partition coefficient (Wildman–Crippen LogP) is 2.14. The molecule has 0 spiro atoms. The highest BCUT2D eigenvalue weighted by atomic mass is 32.2. The van der Waals surface area contributed by atoms with Gasteiger partial charge in [0, 0.05) is 6.20 Å². The Balaban J connectivity index is 2.18. The van der Waals surface area contributed by atoms with Crippen LogP contribution in [-0.2, 0) is 0 Å². The van der Waals surface area contributed by atoms with Crippen molar-refractivity contribution in [1.82, 2.24) is 15.2 Å². The third-order valence-electron chi connectivity index (χ3n) is 1.77. The van der Waals surface area contributed by atoms with Crippen molar-refractivity contribution in [2.45, 2.75) is 22.4 Å². The highest BCUT2D eigenvalue weighted by Crippen LogP contribution is 2.28. The van der Waals surface area contributed by atoms with Crippen molar-refractivity contribution in [2.75, 3.05) is 0 Å². The van der Waals surface area contributed by atoms with E-state index in [2.05, 4.69) is 15.2 Å². The van der Waals surface area contributed by atoms with Gasteiger partial charge >= 0.3 is 0 Å². The molecule has 0 radical (unpaired) electrons. The van der Waals surface area contributed by atoms with E-state index < -0.39 is 6.10 Å². The van der Waals surface area contributed by atoms with E-state index in [0.717, 1.165) is 14.9 Å².